The number of nitrogens with one attached hydrogen (secondary N) is 2. The average Bonchev–Trinajstić information content (AvgIpc) is 3.26. The third-order valence-corrected chi connectivity index (χ3v) is 6.18. The Balaban J connectivity index is 1.66. The second-order valence-corrected chi connectivity index (χ2v) is 10.2. The number of amides is 2. The second kappa shape index (κ2) is 10.1. The molecule has 2 N–H and O–H groups in total. The van der Waals surface area contributed by atoms with Gasteiger partial charge in [-0.1, -0.05) is 50.1 Å². The third kappa shape index (κ3) is 5.51. The van der Waals surface area contributed by atoms with E-state index in [2.05, 4.69) is 25.6 Å². The summed E-state index contributed by atoms with van der Waals surface area (Å²) in [6.45, 7) is 8.93. The van der Waals surface area contributed by atoms with Crippen LogP contribution in [-0.4, -0.2) is 37.1 Å². The van der Waals surface area contributed by atoms with Gasteiger partial charge in [-0.05, 0) is 44.2 Å². The van der Waals surface area contributed by atoms with E-state index in [1.54, 1.807) is 45.9 Å². The van der Waals surface area contributed by atoms with E-state index < -0.39 is 17.4 Å². The number of rotatable bonds is 6. The summed E-state index contributed by atoms with van der Waals surface area (Å²) < 4.78 is 1.44. The lowest BCUT2D eigenvalue weighted by Gasteiger charge is -2.25. The van der Waals surface area contributed by atoms with Gasteiger partial charge in [0, 0.05) is 16.7 Å². The molecule has 4 rings (SSSR count). The SMILES string of the molecule is Cc1ccc(NC(=O)c2ccc(Cl)c(NC(=O)C(C(=O)C(C)(C)C)n3cnc4c(C)ncnc43)c2)cc1. The molecule has 0 radical (unpaired) electrons. The highest BCUT2D eigenvalue weighted by atomic mass is 35.5. The molecule has 37 heavy (non-hydrogen) atoms. The first kappa shape index (κ1) is 26.0. The molecule has 10 heteroatoms. The largest absolute Gasteiger partial charge is 0.323 e. The van der Waals surface area contributed by atoms with Crippen LogP contribution in [0.2, 0.25) is 5.02 Å². The maximum absolute atomic E-state index is 13.6. The molecule has 2 amide bonds. The maximum atomic E-state index is 13.6. The highest BCUT2D eigenvalue weighted by Gasteiger charge is 2.37. The lowest BCUT2D eigenvalue weighted by atomic mass is 9.86. The zero-order valence-electron chi connectivity index (χ0n) is 21.2. The summed E-state index contributed by atoms with van der Waals surface area (Å²) in [5, 5.41) is 5.77. The van der Waals surface area contributed by atoms with Crippen LogP contribution in [0.4, 0.5) is 11.4 Å². The van der Waals surface area contributed by atoms with Crippen molar-refractivity contribution in [3.63, 3.8) is 0 Å². The molecule has 2 aromatic carbocycles. The van der Waals surface area contributed by atoms with Crippen LogP contribution in [-0.2, 0) is 9.59 Å². The Morgan fingerprint density at radius 1 is 0.946 bits per heavy atom. The van der Waals surface area contributed by atoms with Crippen LogP contribution in [0.25, 0.3) is 11.2 Å². The van der Waals surface area contributed by atoms with E-state index in [9.17, 15) is 14.4 Å². The standard InChI is InChI=1S/C27H27ClN6O3/c1-15-6-9-18(10-7-15)32-25(36)17-8-11-19(28)20(12-17)33-26(37)22(23(35)27(3,4)5)34-14-31-21-16(2)29-13-30-24(21)34/h6-14,22H,1-5H3,(H,32,36)(H,33,37). The van der Waals surface area contributed by atoms with Crippen molar-refractivity contribution in [2.75, 3.05) is 10.6 Å². The van der Waals surface area contributed by atoms with Crippen LogP contribution < -0.4 is 10.6 Å². The highest BCUT2D eigenvalue weighted by molar-refractivity contribution is 6.34. The number of Topliss-reactive ketones (excluding diaryl/α,β-unsaturated/α-hetero) is 1. The zero-order chi connectivity index (χ0) is 26.9. The predicted octanol–water partition coefficient (Wildman–Crippen LogP) is 5.14. The molecule has 0 saturated carbocycles. The number of hydrogen-bond acceptors (Lipinski definition) is 6. The fraction of sp³-hybridized carbons (Fsp3) is 0.259. The first-order valence-corrected chi connectivity index (χ1v) is 12.0. The fourth-order valence-electron chi connectivity index (χ4n) is 3.74. The summed E-state index contributed by atoms with van der Waals surface area (Å²) in [6.07, 6.45) is 2.77. The summed E-state index contributed by atoms with van der Waals surface area (Å²) in [5.74, 6) is -1.34. The fourth-order valence-corrected chi connectivity index (χ4v) is 3.91. The third-order valence-electron chi connectivity index (χ3n) is 5.85. The molecule has 1 atom stereocenters. The number of benzene rings is 2. The van der Waals surface area contributed by atoms with E-state index in [4.69, 9.17) is 11.6 Å². The van der Waals surface area contributed by atoms with Gasteiger partial charge in [-0.15, -0.1) is 0 Å². The summed E-state index contributed by atoms with van der Waals surface area (Å²) in [4.78, 5) is 52.6. The number of ketones is 1. The molecule has 0 aliphatic carbocycles. The molecule has 1 unspecified atom stereocenters. The van der Waals surface area contributed by atoms with E-state index in [0.717, 1.165) is 5.56 Å². The summed E-state index contributed by atoms with van der Waals surface area (Å²) in [7, 11) is 0. The summed E-state index contributed by atoms with van der Waals surface area (Å²) >= 11 is 6.37. The number of halogens is 1. The van der Waals surface area contributed by atoms with Crippen molar-refractivity contribution in [2.24, 2.45) is 5.41 Å². The van der Waals surface area contributed by atoms with Gasteiger partial charge in [0.15, 0.2) is 17.5 Å². The number of nitrogens with zero attached hydrogens (tertiary/aromatic N) is 4. The van der Waals surface area contributed by atoms with E-state index in [0.29, 0.717) is 22.5 Å². The monoisotopic (exact) mass is 518 g/mol. The van der Waals surface area contributed by atoms with Crippen LogP contribution in [0.3, 0.4) is 0 Å². The van der Waals surface area contributed by atoms with Gasteiger partial charge in [0.2, 0.25) is 0 Å². The van der Waals surface area contributed by atoms with Crippen LogP contribution in [0.5, 0.6) is 0 Å². The molecule has 4 aromatic rings. The molecule has 2 aromatic heterocycles. The van der Waals surface area contributed by atoms with Crippen molar-refractivity contribution >= 4 is 51.7 Å². The zero-order valence-corrected chi connectivity index (χ0v) is 21.9. The van der Waals surface area contributed by atoms with E-state index in [1.807, 2.05) is 19.1 Å². The average molecular weight is 519 g/mol. The molecule has 2 heterocycles. The Morgan fingerprint density at radius 2 is 1.65 bits per heavy atom. The Morgan fingerprint density at radius 3 is 2.32 bits per heavy atom. The van der Waals surface area contributed by atoms with Crippen molar-refractivity contribution in [3.8, 4) is 0 Å². The van der Waals surface area contributed by atoms with Crippen molar-refractivity contribution in [1.29, 1.82) is 0 Å². The molecule has 0 fully saturated rings. The Hall–Kier alpha value is -4.11. The van der Waals surface area contributed by atoms with Crippen molar-refractivity contribution in [3.05, 3.63) is 77.0 Å². The minimum Gasteiger partial charge on any atom is -0.323 e. The number of imidazole rings is 1. The number of fused-ring (bicyclic) bond motifs is 1. The Kier molecular flexibility index (Phi) is 7.09. The highest BCUT2D eigenvalue weighted by Crippen LogP contribution is 2.30. The Bertz CT molecular complexity index is 1510. The molecule has 0 spiro atoms. The number of anilines is 2. The van der Waals surface area contributed by atoms with Crippen molar-refractivity contribution < 1.29 is 14.4 Å². The van der Waals surface area contributed by atoms with Gasteiger partial charge in [0.25, 0.3) is 11.8 Å². The first-order valence-electron chi connectivity index (χ1n) is 11.6. The number of carbonyl (C=O) groups is 3. The molecule has 0 bridgehead atoms. The minimum atomic E-state index is -1.28. The topological polar surface area (TPSA) is 119 Å². The van der Waals surface area contributed by atoms with Crippen molar-refractivity contribution in [2.45, 2.75) is 40.7 Å². The molecular formula is C27H27ClN6O3. The lowest BCUT2D eigenvalue weighted by molar-refractivity contribution is -0.135. The molecule has 0 aliphatic heterocycles. The minimum absolute atomic E-state index is 0.199. The van der Waals surface area contributed by atoms with Gasteiger partial charge >= 0.3 is 0 Å². The predicted molar refractivity (Wildman–Crippen MR) is 143 cm³/mol. The molecular weight excluding hydrogens is 492 g/mol. The lowest BCUT2D eigenvalue weighted by Crippen LogP contribution is -2.38. The van der Waals surface area contributed by atoms with Crippen LogP contribution in [0.1, 0.15) is 48.4 Å². The van der Waals surface area contributed by atoms with Gasteiger partial charge in [-0.25, -0.2) is 15.0 Å². The summed E-state index contributed by atoms with van der Waals surface area (Å²) in [6, 6.07) is 10.7. The number of aryl methyl sites for hydroxylation is 2. The smallest absolute Gasteiger partial charge is 0.255 e. The van der Waals surface area contributed by atoms with Crippen LogP contribution >= 0.6 is 11.6 Å². The van der Waals surface area contributed by atoms with E-state index >= 15 is 0 Å². The van der Waals surface area contributed by atoms with Gasteiger partial charge in [-0.3, -0.25) is 19.0 Å². The molecule has 0 aliphatic rings. The number of aromatic nitrogens is 4. The van der Waals surface area contributed by atoms with Gasteiger partial charge in [-0.2, -0.15) is 0 Å². The van der Waals surface area contributed by atoms with Gasteiger partial charge in [0.1, 0.15) is 11.8 Å². The normalized spacial score (nSPS) is 12.3. The van der Waals surface area contributed by atoms with Crippen LogP contribution in [0, 0.1) is 19.3 Å². The molecule has 9 nitrogen and oxygen atoms in total. The van der Waals surface area contributed by atoms with E-state index in [-0.39, 0.29) is 28.0 Å². The number of hydrogen-bond donors (Lipinski definition) is 2. The molecule has 0 saturated heterocycles. The first-order chi connectivity index (χ1) is 17.5. The van der Waals surface area contributed by atoms with Crippen molar-refractivity contribution in [1.82, 2.24) is 19.5 Å². The maximum Gasteiger partial charge on any atom is 0.255 e. The van der Waals surface area contributed by atoms with Gasteiger partial charge < -0.3 is 10.6 Å². The molecule has 190 valence electrons. The summed E-state index contributed by atoms with van der Waals surface area (Å²) in [5.41, 5.74) is 2.83. The number of carbonyl (C=O) groups excluding carboxylic acids is 3. The van der Waals surface area contributed by atoms with Crippen LogP contribution in [0.15, 0.2) is 55.1 Å². The quantitative estimate of drug-likeness (QED) is 0.341. The second-order valence-electron chi connectivity index (χ2n) is 9.80. The van der Waals surface area contributed by atoms with Gasteiger partial charge in [0.05, 0.1) is 22.7 Å². The van der Waals surface area contributed by atoms with E-state index in [1.165, 1.54) is 29.4 Å². The Labute approximate surface area is 219 Å².